The van der Waals surface area contributed by atoms with Gasteiger partial charge in [-0.1, -0.05) is 23.7 Å². The first-order valence-electron chi connectivity index (χ1n) is 11.3. The van der Waals surface area contributed by atoms with Crippen molar-refractivity contribution in [2.45, 2.75) is 19.3 Å². The molecule has 0 aliphatic carbocycles. The summed E-state index contributed by atoms with van der Waals surface area (Å²) in [7, 11) is 1.50. The molecule has 1 fully saturated rings. The van der Waals surface area contributed by atoms with Crippen molar-refractivity contribution in [1.82, 2.24) is 9.88 Å². The molecule has 0 unspecified atom stereocenters. The van der Waals surface area contributed by atoms with E-state index < -0.39 is 5.91 Å². The van der Waals surface area contributed by atoms with Gasteiger partial charge in [-0.3, -0.25) is 15.0 Å². The van der Waals surface area contributed by atoms with Crippen molar-refractivity contribution < 1.29 is 14.3 Å². The van der Waals surface area contributed by atoms with E-state index in [2.05, 4.69) is 20.5 Å². The number of amidine groups is 1. The third-order valence-corrected chi connectivity index (χ3v) is 6.00. The van der Waals surface area contributed by atoms with Gasteiger partial charge in [-0.15, -0.1) is 0 Å². The number of rotatable bonds is 6. The molecule has 1 aliphatic rings. The second-order valence-corrected chi connectivity index (χ2v) is 8.59. The van der Waals surface area contributed by atoms with Gasteiger partial charge in [0.2, 0.25) is 0 Å². The van der Waals surface area contributed by atoms with E-state index in [0.717, 1.165) is 31.5 Å². The van der Waals surface area contributed by atoms with Crippen molar-refractivity contribution in [1.29, 1.82) is 5.41 Å². The Labute approximate surface area is 208 Å². The normalized spacial score (nSPS) is 13.1. The first-order valence-corrected chi connectivity index (χ1v) is 11.7. The molecule has 1 saturated heterocycles. The Morgan fingerprint density at radius 1 is 0.943 bits per heavy atom. The van der Waals surface area contributed by atoms with Crippen molar-refractivity contribution in [2.24, 2.45) is 0 Å². The van der Waals surface area contributed by atoms with Gasteiger partial charge in [0.05, 0.1) is 23.4 Å². The first-order chi connectivity index (χ1) is 16.9. The highest BCUT2D eigenvalue weighted by Gasteiger charge is 2.18. The van der Waals surface area contributed by atoms with Crippen LogP contribution in [-0.2, 0) is 0 Å². The van der Waals surface area contributed by atoms with Crippen molar-refractivity contribution in [3.8, 4) is 5.75 Å². The predicted molar refractivity (Wildman–Crippen MR) is 137 cm³/mol. The van der Waals surface area contributed by atoms with Crippen LogP contribution in [0.1, 0.15) is 45.5 Å². The molecular weight excluding hydrogens is 466 g/mol. The lowest BCUT2D eigenvalue weighted by molar-refractivity contribution is 0.102. The van der Waals surface area contributed by atoms with Crippen LogP contribution < -0.4 is 15.4 Å². The Balaban J connectivity index is 1.49. The van der Waals surface area contributed by atoms with Gasteiger partial charge in [0, 0.05) is 30.4 Å². The zero-order valence-electron chi connectivity index (χ0n) is 19.3. The lowest BCUT2D eigenvalue weighted by atomic mass is 10.1. The van der Waals surface area contributed by atoms with Crippen molar-refractivity contribution >= 4 is 40.8 Å². The van der Waals surface area contributed by atoms with Gasteiger partial charge in [0.1, 0.15) is 17.4 Å². The minimum atomic E-state index is -0.459. The lowest BCUT2D eigenvalue weighted by Gasteiger charge is -2.29. The van der Waals surface area contributed by atoms with Crippen molar-refractivity contribution in [3.63, 3.8) is 0 Å². The molecule has 0 radical (unpaired) electrons. The van der Waals surface area contributed by atoms with Gasteiger partial charge >= 0.3 is 0 Å². The molecule has 1 aliphatic heterocycles. The van der Waals surface area contributed by atoms with Crippen LogP contribution in [-0.4, -0.2) is 47.7 Å². The number of carbonyl (C=O) groups is 2. The number of hydrogen-bond acceptors (Lipinski definition) is 5. The Bertz CT molecular complexity index is 1220. The molecule has 2 aromatic carbocycles. The lowest BCUT2D eigenvalue weighted by Crippen LogP contribution is -2.35. The zero-order chi connectivity index (χ0) is 24.8. The largest absolute Gasteiger partial charge is 0.497 e. The molecule has 2 heterocycles. The van der Waals surface area contributed by atoms with Gasteiger partial charge in [0.25, 0.3) is 11.8 Å². The predicted octanol–water partition coefficient (Wildman–Crippen LogP) is 5.06. The summed E-state index contributed by atoms with van der Waals surface area (Å²) in [5.74, 6) is 0.440. The van der Waals surface area contributed by atoms with Crippen LogP contribution in [0.2, 0.25) is 5.02 Å². The van der Waals surface area contributed by atoms with Crippen molar-refractivity contribution in [3.05, 3.63) is 82.5 Å². The maximum Gasteiger partial charge on any atom is 0.259 e. The average Bonchev–Trinajstić information content (AvgIpc) is 2.90. The highest BCUT2D eigenvalue weighted by Crippen LogP contribution is 2.24. The van der Waals surface area contributed by atoms with Crippen LogP contribution >= 0.6 is 11.6 Å². The number of methoxy groups -OCH3 is 1. The second-order valence-electron chi connectivity index (χ2n) is 8.16. The summed E-state index contributed by atoms with van der Waals surface area (Å²) in [5.41, 5.74) is 1.73. The molecule has 9 heteroatoms. The van der Waals surface area contributed by atoms with E-state index in [-0.39, 0.29) is 11.5 Å². The van der Waals surface area contributed by atoms with Crippen LogP contribution in [0.3, 0.4) is 0 Å². The summed E-state index contributed by atoms with van der Waals surface area (Å²) in [6.45, 7) is 1.77. The molecule has 2 amide bonds. The van der Waals surface area contributed by atoms with E-state index in [9.17, 15) is 9.59 Å². The molecule has 0 spiro atoms. The first kappa shape index (κ1) is 24.2. The van der Waals surface area contributed by atoms with E-state index in [0.29, 0.717) is 33.7 Å². The topological polar surface area (TPSA) is 107 Å². The van der Waals surface area contributed by atoms with Gasteiger partial charge in [-0.05, 0) is 61.7 Å². The Hall–Kier alpha value is -3.91. The summed E-state index contributed by atoms with van der Waals surface area (Å²) in [6.07, 6.45) is 4.81. The van der Waals surface area contributed by atoms with Crippen LogP contribution in [0.25, 0.3) is 0 Å². The number of aromatic nitrogens is 1. The quantitative estimate of drug-likeness (QED) is 0.330. The average molecular weight is 492 g/mol. The number of nitrogens with zero attached hydrogens (tertiary/aromatic N) is 2. The molecule has 3 N–H and O–H groups in total. The summed E-state index contributed by atoms with van der Waals surface area (Å²) < 4.78 is 5.25. The number of hydrogen-bond donors (Lipinski definition) is 3. The SMILES string of the molecule is COc1ccc(NC(=O)c2ccc(C(=N)N3CCCCC3)cc2)c(C(=O)Nc2ccc(Cl)cn2)c1. The van der Waals surface area contributed by atoms with E-state index >= 15 is 0 Å². The monoisotopic (exact) mass is 491 g/mol. The molecule has 35 heavy (non-hydrogen) atoms. The van der Waals surface area contributed by atoms with E-state index in [4.69, 9.17) is 21.7 Å². The molecular formula is C26H26ClN5O3. The van der Waals surface area contributed by atoms with Crippen LogP contribution in [0.4, 0.5) is 11.5 Å². The van der Waals surface area contributed by atoms with Gasteiger partial charge in [0.15, 0.2) is 0 Å². The molecule has 0 atom stereocenters. The summed E-state index contributed by atoms with van der Waals surface area (Å²) in [5, 5.41) is 14.4. The van der Waals surface area contributed by atoms with E-state index in [1.54, 1.807) is 54.6 Å². The molecule has 180 valence electrons. The number of ether oxygens (including phenoxy) is 1. The molecule has 0 saturated carbocycles. The van der Waals surface area contributed by atoms with E-state index in [1.807, 2.05) is 0 Å². The number of halogens is 1. The molecule has 3 aromatic rings. The fraction of sp³-hybridized carbons (Fsp3) is 0.231. The van der Waals surface area contributed by atoms with E-state index in [1.165, 1.54) is 19.7 Å². The number of pyridine rings is 1. The maximum atomic E-state index is 13.0. The molecule has 0 bridgehead atoms. The molecule has 4 rings (SSSR count). The maximum absolute atomic E-state index is 13.0. The number of anilines is 2. The van der Waals surface area contributed by atoms with Crippen LogP contribution in [0.5, 0.6) is 5.75 Å². The second kappa shape index (κ2) is 11.0. The van der Waals surface area contributed by atoms with Crippen LogP contribution in [0, 0.1) is 5.41 Å². The minimum absolute atomic E-state index is 0.220. The summed E-state index contributed by atoms with van der Waals surface area (Å²) in [6, 6.07) is 14.9. The smallest absolute Gasteiger partial charge is 0.259 e. The number of benzene rings is 2. The number of nitrogens with one attached hydrogen (secondary N) is 3. The molecule has 1 aromatic heterocycles. The zero-order valence-corrected chi connectivity index (χ0v) is 20.1. The number of amides is 2. The van der Waals surface area contributed by atoms with Gasteiger partial charge in [-0.2, -0.15) is 0 Å². The standard InChI is InChI=1S/C26H26ClN5O3/c1-35-20-10-11-22(21(15-20)26(34)31-23-12-9-19(27)16-29-23)30-25(33)18-7-5-17(6-8-18)24(28)32-13-3-2-4-14-32/h5-12,15-16,28H,2-4,13-14H2,1H3,(H,30,33)(H,29,31,34). The van der Waals surface area contributed by atoms with Crippen molar-refractivity contribution in [2.75, 3.05) is 30.8 Å². The fourth-order valence-corrected chi connectivity index (χ4v) is 3.97. The summed E-state index contributed by atoms with van der Waals surface area (Å²) >= 11 is 5.86. The highest BCUT2D eigenvalue weighted by molar-refractivity contribution is 6.30. The Morgan fingerprint density at radius 3 is 2.31 bits per heavy atom. The highest BCUT2D eigenvalue weighted by atomic mass is 35.5. The Morgan fingerprint density at radius 2 is 1.66 bits per heavy atom. The molecule has 8 nitrogen and oxygen atoms in total. The summed E-state index contributed by atoms with van der Waals surface area (Å²) in [4.78, 5) is 32.1. The van der Waals surface area contributed by atoms with Gasteiger partial charge in [-0.25, -0.2) is 4.98 Å². The fourth-order valence-electron chi connectivity index (χ4n) is 3.85. The number of carbonyl (C=O) groups excluding carboxylic acids is 2. The minimum Gasteiger partial charge on any atom is -0.497 e. The third kappa shape index (κ3) is 5.96. The number of piperidine rings is 1. The Kier molecular flexibility index (Phi) is 7.62. The van der Waals surface area contributed by atoms with Crippen LogP contribution in [0.15, 0.2) is 60.8 Å². The number of likely N-dealkylation sites (tertiary alicyclic amines) is 1. The third-order valence-electron chi connectivity index (χ3n) is 5.78. The van der Waals surface area contributed by atoms with Gasteiger partial charge < -0.3 is 20.3 Å².